The van der Waals surface area contributed by atoms with Crippen molar-refractivity contribution >= 4 is 5.97 Å². The highest BCUT2D eigenvalue weighted by atomic mass is 16.5. The molecule has 3 heteroatoms. The topological polar surface area (TPSA) is 29.5 Å². The molecule has 0 unspecified atom stereocenters. The van der Waals surface area contributed by atoms with Crippen molar-refractivity contribution in [1.82, 2.24) is 4.90 Å². The van der Waals surface area contributed by atoms with Gasteiger partial charge in [-0.25, -0.2) is 0 Å². The molecule has 0 aliphatic carbocycles. The summed E-state index contributed by atoms with van der Waals surface area (Å²) in [4.78, 5) is 13.7. The number of nitrogens with zero attached hydrogens (tertiary/aromatic N) is 1. The minimum absolute atomic E-state index is 0.0788. The molecule has 1 aliphatic rings. The average Bonchev–Trinajstić information content (AvgIpc) is 2.85. The maximum Gasteiger partial charge on any atom is 0.305 e. The van der Waals surface area contributed by atoms with Crippen LogP contribution in [0.1, 0.15) is 18.4 Å². The third-order valence-corrected chi connectivity index (χ3v) is 3.61. The first-order chi connectivity index (χ1) is 8.78. The third kappa shape index (κ3) is 3.84. The second-order valence-electron chi connectivity index (χ2n) is 4.97. The van der Waals surface area contributed by atoms with Crippen molar-refractivity contribution in [3.8, 4) is 0 Å². The summed E-state index contributed by atoms with van der Waals surface area (Å²) in [6, 6.07) is 10.6. The molecule has 0 N–H and O–H groups in total. The Morgan fingerprint density at radius 2 is 2.17 bits per heavy atom. The fourth-order valence-electron chi connectivity index (χ4n) is 2.53. The fraction of sp³-hybridized carbons (Fsp3) is 0.533. The molecular weight excluding hydrogens is 226 g/mol. The molecule has 1 aromatic rings. The highest BCUT2D eigenvalue weighted by molar-refractivity contribution is 5.69. The van der Waals surface area contributed by atoms with Gasteiger partial charge in [0.2, 0.25) is 0 Å². The minimum Gasteiger partial charge on any atom is -0.469 e. The number of hydrogen-bond donors (Lipinski definition) is 0. The van der Waals surface area contributed by atoms with Crippen LogP contribution in [0.3, 0.4) is 0 Å². The molecular formula is C15H21NO2. The van der Waals surface area contributed by atoms with E-state index < -0.39 is 0 Å². The first-order valence-corrected chi connectivity index (χ1v) is 6.61. The van der Waals surface area contributed by atoms with E-state index in [1.54, 1.807) is 0 Å². The molecule has 0 aromatic heterocycles. The minimum atomic E-state index is -0.0788. The van der Waals surface area contributed by atoms with Gasteiger partial charge in [0.15, 0.2) is 0 Å². The third-order valence-electron chi connectivity index (χ3n) is 3.61. The highest BCUT2D eigenvalue weighted by Crippen LogP contribution is 2.20. The molecule has 98 valence electrons. The van der Waals surface area contributed by atoms with Gasteiger partial charge in [-0.15, -0.1) is 0 Å². The SMILES string of the molecule is COC(=O)C[C@H]1CCN(CCc2ccccc2)C1. The lowest BCUT2D eigenvalue weighted by Gasteiger charge is -2.15. The van der Waals surface area contributed by atoms with Gasteiger partial charge in [0.1, 0.15) is 0 Å². The summed E-state index contributed by atoms with van der Waals surface area (Å²) in [6.45, 7) is 3.22. The zero-order valence-electron chi connectivity index (χ0n) is 11.0. The van der Waals surface area contributed by atoms with Crippen molar-refractivity contribution in [2.75, 3.05) is 26.7 Å². The lowest BCUT2D eigenvalue weighted by atomic mass is 10.1. The highest BCUT2D eigenvalue weighted by Gasteiger charge is 2.24. The summed E-state index contributed by atoms with van der Waals surface area (Å²) in [6.07, 6.45) is 2.77. The van der Waals surface area contributed by atoms with E-state index in [1.165, 1.54) is 12.7 Å². The lowest BCUT2D eigenvalue weighted by Crippen LogP contribution is -2.24. The van der Waals surface area contributed by atoms with Gasteiger partial charge >= 0.3 is 5.97 Å². The van der Waals surface area contributed by atoms with E-state index in [9.17, 15) is 4.79 Å². The summed E-state index contributed by atoms with van der Waals surface area (Å²) in [7, 11) is 1.46. The smallest absolute Gasteiger partial charge is 0.305 e. The summed E-state index contributed by atoms with van der Waals surface area (Å²) in [5.74, 6) is 0.401. The van der Waals surface area contributed by atoms with Gasteiger partial charge in [-0.2, -0.15) is 0 Å². The predicted molar refractivity (Wildman–Crippen MR) is 71.3 cm³/mol. The van der Waals surface area contributed by atoms with Crippen molar-refractivity contribution in [2.45, 2.75) is 19.3 Å². The van der Waals surface area contributed by atoms with E-state index >= 15 is 0 Å². The van der Waals surface area contributed by atoms with Gasteiger partial charge in [0.25, 0.3) is 0 Å². The molecule has 0 spiro atoms. The van der Waals surface area contributed by atoms with Crippen LogP contribution in [-0.2, 0) is 16.0 Å². The second kappa shape index (κ2) is 6.55. The molecule has 1 aliphatic heterocycles. The molecule has 1 saturated heterocycles. The number of esters is 1. The molecule has 0 radical (unpaired) electrons. The van der Waals surface area contributed by atoms with Crippen LogP contribution >= 0.6 is 0 Å². The first kappa shape index (κ1) is 13.1. The quantitative estimate of drug-likeness (QED) is 0.746. The van der Waals surface area contributed by atoms with Gasteiger partial charge < -0.3 is 9.64 Å². The number of rotatable bonds is 5. The Kier molecular flexibility index (Phi) is 4.76. The molecule has 2 rings (SSSR count). The Bertz CT molecular complexity index is 377. The summed E-state index contributed by atoms with van der Waals surface area (Å²) in [5, 5.41) is 0. The van der Waals surface area contributed by atoms with Crippen LogP contribution in [0.15, 0.2) is 30.3 Å². The average molecular weight is 247 g/mol. The van der Waals surface area contributed by atoms with Gasteiger partial charge in [-0.05, 0) is 30.9 Å². The van der Waals surface area contributed by atoms with E-state index in [0.29, 0.717) is 12.3 Å². The Morgan fingerprint density at radius 1 is 1.39 bits per heavy atom. The fourth-order valence-corrected chi connectivity index (χ4v) is 2.53. The maximum absolute atomic E-state index is 11.2. The van der Waals surface area contributed by atoms with Gasteiger partial charge in [0, 0.05) is 19.5 Å². The molecule has 0 saturated carbocycles. The van der Waals surface area contributed by atoms with Gasteiger partial charge in [-0.3, -0.25) is 4.79 Å². The van der Waals surface area contributed by atoms with Crippen molar-refractivity contribution in [1.29, 1.82) is 0 Å². The molecule has 3 nitrogen and oxygen atoms in total. The van der Waals surface area contributed by atoms with Crippen LogP contribution in [0, 0.1) is 5.92 Å². The van der Waals surface area contributed by atoms with Crippen LogP contribution in [0.25, 0.3) is 0 Å². The number of hydrogen-bond acceptors (Lipinski definition) is 3. The van der Waals surface area contributed by atoms with E-state index in [1.807, 2.05) is 6.07 Å². The summed E-state index contributed by atoms with van der Waals surface area (Å²) < 4.78 is 4.72. The summed E-state index contributed by atoms with van der Waals surface area (Å²) in [5.41, 5.74) is 1.38. The number of ether oxygens (including phenoxy) is 1. The molecule has 0 bridgehead atoms. The van der Waals surface area contributed by atoms with E-state index in [0.717, 1.165) is 32.5 Å². The van der Waals surface area contributed by atoms with Crippen molar-refractivity contribution in [3.63, 3.8) is 0 Å². The Morgan fingerprint density at radius 3 is 2.89 bits per heavy atom. The normalized spacial score (nSPS) is 19.9. The predicted octanol–water partition coefficient (Wildman–Crippen LogP) is 2.11. The molecule has 18 heavy (non-hydrogen) atoms. The maximum atomic E-state index is 11.2. The van der Waals surface area contributed by atoms with Crippen LogP contribution in [0.4, 0.5) is 0 Å². The Labute approximate surface area is 109 Å². The molecule has 1 heterocycles. The van der Waals surface area contributed by atoms with Gasteiger partial charge in [-0.1, -0.05) is 30.3 Å². The van der Waals surface area contributed by atoms with Crippen LogP contribution in [0.2, 0.25) is 0 Å². The zero-order valence-corrected chi connectivity index (χ0v) is 11.0. The number of likely N-dealkylation sites (tertiary alicyclic amines) is 1. The molecule has 1 fully saturated rings. The van der Waals surface area contributed by atoms with Crippen LogP contribution < -0.4 is 0 Å². The molecule has 1 atom stereocenters. The Hall–Kier alpha value is -1.35. The number of methoxy groups -OCH3 is 1. The van der Waals surface area contributed by atoms with E-state index in [2.05, 4.69) is 29.2 Å². The first-order valence-electron chi connectivity index (χ1n) is 6.61. The number of carbonyl (C=O) groups is 1. The number of carbonyl (C=O) groups excluding carboxylic acids is 1. The zero-order chi connectivity index (χ0) is 12.8. The Balaban J connectivity index is 1.71. The van der Waals surface area contributed by atoms with Crippen LogP contribution in [-0.4, -0.2) is 37.6 Å². The van der Waals surface area contributed by atoms with Crippen molar-refractivity contribution in [3.05, 3.63) is 35.9 Å². The van der Waals surface area contributed by atoms with E-state index in [-0.39, 0.29) is 5.97 Å². The molecule has 0 amide bonds. The second-order valence-corrected chi connectivity index (χ2v) is 4.97. The molecule has 1 aromatic carbocycles. The standard InChI is InChI=1S/C15H21NO2/c1-18-15(17)11-14-8-10-16(12-14)9-7-13-5-3-2-4-6-13/h2-6,14H,7-12H2,1H3/t14-/m1/s1. The number of benzene rings is 1. The largest absolute Gasteiger partial charge is 0.469 e. The van der Waals surface area contributed by atoms with Crippen LogP contribution in [0.5, 0.6) is 0 Å². The van der Waals surface area contributed by atoms with E-state index in [4.69, 9.17) is 4.74 Å². The van der Waals surface area contributed by atoms with Gasteiger partial charge in [0.05, 0.1) is 7.11 Å². The van der Waals surface area contributed by atoms with Crippen molar-refractivity contribution in [2.24, 2.45) is 5.92 Å². The monoisotopic (exact) mass is 247 g/mol. The van der Waals surface area contributed by atoms with Crippen molar-refractivity contribution < 1.29 is 9.53 Å². The summed E-state index contributed by atoms with van der Waals surface area (Å²) >= 11 is 0. The lowest BCUT2D eigenvalue weighted by molar-refractivity contribution is -0.141.